The molecule has 0 aliphatic rings. The normalized spacial score (nSPS) is 10.3. The number of amides is 1. The fraction of sp³-hybridized carbons (Fsp3) is 0.125. The molecule has 7 nitrogen and oxygen atoms in total. The van der Waals surface area contributed by atoms with E-state index in [0.29, 0.717) is 17.1 Å². The van der Waals surface area contributed by atoms with Crippen LogP contribution in [0.15, 0.2) is 53.2 Å². The van der Waals surface area contributed by atoms with Gasteiger partial charge >= 0.3 is 11.8 Å². The van der Waals surface area contributed by atoms with Gasteiger partial charge in [-0.15, -0.1) is 0 Å². The summed E-state index contributed by atoms with van der Waals surface area (Å²) in [6.45, 7) is 0.288. The number of carbonyl (C=O) groups is 1. The zero-order valence-corrected chi connectivity index (χ0v) is 12.4. The summed E-state index contributed by atoms with van der Waals surface area (Å²) < 4.78 is 10.2. The van der Waals surface area contributed by atoms with Gasteiger partial charge in [-0.25, -0.2) is 0 Å². The summed E-state index contributed by atoms with van der Waals surface area (Å²) in [5.41, 5.74) is 1.45. The lowest BCUT2D eigenvalue weighted by molar-refractivity contribution is 0.0906. The highest BCUT2D eigenvalue weighted by Crippen LogP contribution is 2.21. The number of methoxy groups -OCH3 is 1. The van der Waals surface area contributed by atoms with Crippen LogP contribution in [-0.4, -0.2) is 28.1 Å². The van der Waals surface area contributed by atoms with Crippen molar-refractivity contribution < 1.29 is 14.1 Å². The number of carbonyl (C=O) groups excluding carboxylic acids is 1. The van der Waals surface area contributed by atoms with Crippen LogP contribution < -0.4 is 10.1 Å². The molecule has 0 fully saturated rings. The Balaban J connectivity index is 1.69. The van der Waals surface area contributed by atoms with Crippen LogP contribution in [0, 0.1) is 0 Å². The SMILES string of the molecule is COc1cccc(-c2noc(C(=O)NCc3ccccn3)n2)c1. The molecule has 7 heteroatoms. The fourth-order valence-electron chi connectivity index (χ4n) is 1.94. The van der Waals surface area contributed by atoms with Gasteiger partial charge in [0.05, 0.1) is 19.3 Å². The first-order valence-electron chi connectivity index (χ1n) is 6.92. The molecule has 0 saturated heterocycles. The molecule has 2 heterocycles. The van der Waals surface area contributed by atoms with E-state index in [1.54, 1.807) is 19.4 Å². The van der Waals surface area contributed by atoms with Crippen LogP contribution in [0.5, 0.6) is 5.75 Å². The first kappa shape index (κ1) is 14.7. The van der Waals surface area contributed by atoms with Crippen molar-refractivity contribution in [2.45, 2.75) is 6.54 Å². The van der Waals surface area contributed by atoms with E-state index in [2.05, 4.69) is 20.4 Å². The summed E-state index contributed by atoms with van der Waals surface area (Å²) in [6.07, 6.45) is 1.66. The van der Waals surface area contributed by atoms with Crippen LogP contribution in [0.3, 0.4) is 0 Å². The van der Waals surface area contributed by atoms with Crippen LogP contribution in [-0.2, 0) is 6.54 Å². The summed E-state index contributed by atoms with van der Waals surface area (Å²) in [4.78, 5) is 20.2. The molecule has 1 N–H and O–H groups in total. The zero-order valence-electron chi connectivity index (χ0n) is 12.4. The number of aromatic nitrogens is 3. The van der Waals surface area contributed by atoms with Gasteiger partial charge in [0.15, 0.2) is 0 Å². The molecule has 1 amide bonds. The number of hydrogen-bond donors (Lipinski definition) is 1. The third-order valence-electron chi connectivity index (χ3n) is 3.10. The average Bonchev–Trinajstić information content (AvgIpc) is 3.11. The standard InChI is InChI=1S/C16H14N4O3/c1-22-13-7-4-5-11(9-13)14-19-16(23-20-14)15(21)18-10-12-6-2-3-8-17-12/h2-9H,10H2,1H3,(H,18,21). The third kappa shape index (κ3) is 3.52. The van der Waals surface area contributed by atoms with Gasteiger partial charge < -0.3 is 14.6 Å². The second-order valence-electron chi connectivity index (χ2n) is 4.66. The number of hydrogen-bond acceptors (Lipinski definition) is 6. The van der Waals surface area contributed by atoms with E-state index in [-0.39, 0.29) is 12.4 Å². The van der Waals surface area contributed by atoms with Gasteiger partial charge in [0.2, 0.25) is 5.82 Å². The van der Waals surface area contributed by atoms with E-state index in [0.717, 1.165) is 5.69 Å². The van der Waals surface area contributed by atoms with Crippen molar-refractivity contribution >= 4 is 5.91 Å². The Bertz CT molecular complexity index is 802. The molecule has 0 spiro atoms. The largest absolute Gasteiger partial charge is 0.497 e. The molecule has 116 valence electrons. The van der Waals surface area contributed by atoms with Crippen LogP contribution in [0.4, 0.5) is 0 Å². The predicted octanol–water partition coefficient (Wildman–Crippen LogP) is 2.07. The number of ether oxygens (including phenoxy) is 1. The minimum atomic E-state index is -0.447. The smallest absolute Gasteiger partial charge is 0.316 e. The Morgan fingerprint density at radius 2 is 2.17 bits per heavy atom. The molecule has 0 aliphatic heterocycles. The van der Waals surface area contributed by atoms with Crippen molar-refractivity contribution in [3.63, 3.8) is 0 Å². The first-order chi connectivity index (χ1) is 11.3. The van der Waals surface area contributed by atoms with E-state index in [1.165, 1.54) is 0 Å². The van der Waals surface area contributed by atoms with Crippen LogP contribution in [0.25, 0.3) is 11.4 Å². The van der Waals surface area contributed by atoms with Crippen molar-refractivity contribution in [2.24, 2.45) is 0 Å². The molecule has 0 saturated carbocycles. The third-order valence-corrected chi connectivity index (χ3v) is 3.10. The van der Waals surface area contributed by atoms with Crippen molar-refractivity contribution in [1.29, 1.82) is 0 Å². The Labute approximate surface area is 132 Å². The Hall–Kier alpha value is -3.22. The van der Waals surface area contributed by atoms with E-state index in [4.69, 9.17) is 9.26 Å². The highest BCUT2D eigenvalue weighted by atomic mass is 16.5. The molecule has 2 aromatic heterocycles. The minimum Gasteiger partial charge on any atom is -0.497 e. The highest BCUT2D eigenvalue weighted by Gasteiger charge is 2.16. The Morgan fingerprint density at radius 3 is 2.96 bits per heavy atom. The zero-order chi connectivity index (χ0) is 16.1. The molecule has 0 radical (unpaired) electrons. The summed E-state index contributed by atoms with van der Waals surface area (Å²) >= 11 is 0. The maximum absolute atomic E-state index is 12.0. The molecule has 3 aromatic rings. The van der Waals surface area contributed by atoms with E-state index in [1.807, 2.05) is 36.4 Å². The van der Waals surface area contributed by atoms with Gasteiger partial charge in [-0.3, -0.25) is 9.78 Å². The molecular formula is C16H14N4O3. The first-order valence-corrected chi connectivity index (χ1v) is 6.92. The second kappa shape index (κ2) is 6.69. The van der Waals surface area contributed by atoms with Crippen LogP contribution in [0.2, 0.25) is 0 Å². The summed E-state index contributed by atoms with van der Waals surface area (Å²) in [7, 11) is 1.58. The Kier molecular flexibility index (Phi) is 4.28. The molecule has 1 aromatic carbocycles. The van der Waals surface area contributed by atoms with Gasteiger partial charge in [0.25, 0.3) is 0 Å². The minimum absolute atomic E-state index is 0.0984. The molecule has 3 rings (SSSR count). The van der Waals surface area contributed by atoms with Gasteiger partial charge in [0.1, 0.15) is 5.75 Å². The molecule has 0 bridgehead atoms. The second-order valence-corrected chi connectivity index (χ2v) is 4.66. The number of nitrogens with one attached hydrogen (secondary N) is 1. The average molecular weight is 310 g/mol. The van der Waals surface area contributed by atoms with Crippen molar-refractivity contribution in [1.82, 2.24) is 20.4 Å². The fourth-order valence-corrected chi connectivity index (χ4v) is 1.94. The lowest BCUT2D eigenvalue weighted by Gasteiger charge is -2.01. The Morgan fingerprint density at radius 1 is 1.26 bits per heavy atom. The van der Waals surface area contributed by atoms with Crippen molar-refractivity contribution in [3.8, 4) is 17.1 Å². The molecule has 0 atom stereocenters. The van der Waals surface area contributed by atoms with Crippen molar-refractivity contribution in [3.05, 3.63) is 60.2 Å². The number of pyridine rings is 1. The number of nitrogens with zero attached hydrogens (tertiary/aromatic N) is 3. The maximum Gasteiger partial charge on any atom is 0.316 e. The summed E-state index contributed by atoms with van der Waals surface area (Å²) in [5.74, 6) is 0.455. The molecular weight excluding hydrogens is 296 g/mol. The van der Waals surface area contributed by atoms with E-state index >= 15 is 0 Å². The summed E-state index contributed by atoms with van der Waals surface area (Å²) in [5, 5.41) is 6.50. The van der Waals surface area contributed by atoms with Crippen LogP contribution >= 0.6 is 0 Å². The number of benzene rings is 1. The quantitative estimate of drug-likeness (QED) is 0.776. The molecule has 0 aliphatic carbocycles. The lowest BCUT2D eigenvalue weighted by Crippen LogP contribution is -2.23. The molecule has 23 heavy (non-hydrogen) atoms. The summed E-state index contributed by atoms with van der Waals surface area (Å²) in [6, 6.07) is 12.7. The number of rotatable bonds is 5. The van der Waals surface area contributed by atoms with Crippen LogP contribution in [0.1, 0.15) is 16.4 Å². The van der Waals surface area contributed by atoms with Gasteiger partial charge in [0, 0.05) is 11.8 Å². The topological polar surface area (TPSA) is 90.1 Å². The predicted molar refractivity (Wildman–Crippen MR) is 81.7 cm³/mol. The van der Waals surface area contributed by atoms with Gasteiger partial charge in [-0.05, 0) is 24.3 Å². The van der Waals surface area contributed by atoms with Gasteiger partial charge in [-0.1, -0.05) is 23.4 Å². The maximum atomic E-state index is 12.0. The monoisotopic (exact) mass is 310 g/mol. The van der Waals surface area contributed by atoms with E-state index < -0.39 is 5.91 Å². The van der Waals surface area contributed by atoms with Crippen molar-refractivity contribution in [2.75, 3.05) is 7.11 Å². The highest BCUT2D eigenvalue weighted by molar-refractivity contribution is 5.89. The lowest BCUT2D eigenvalue weighted by atomic mass is 10.2. The van der Waals surface area contributed by atoms with Gasteiger partial charge in [-0.2, -0.15) is 4.98 Å². The van der Waals surface area contributed by atoms with E-state index in [9.17, 15) is 4.79 Å². The molecule has 0 unspecified atom stereocenters.